The van der Waals surface area contributed by atoms with Gasteiger partial charge in [-0.05, 0) is 18.2 Å². The Morgan fingerprint density at radius 1 is 1.35 bits per heavy atom. The minimum Gasteiger partial charge on any atom is -0.336 e. The maximum Gasteiger partial charge on any atom is 0.180 e. The standard InChI is InChI=1S/C11H11FN2O2S/c12-10-2-1-3-11(8-10)17(15,16)7-6-14-5-4-13-9-14/h1-5,8-9H,6-7H2. The highest BCUT2D eigenvalue weighted by atomic mass is 32.2. The van der Waals surface area contributed by atoms with Crippen molar-refractivity contribution < 1.29 is 12.8 Å². The van der Waals surface area contributed by atoms with Gasteiger partial charge >= 0.3 is 0 Å². The van der Waals surface area contributed by atoms with Crippen LogP contribution in [0.1, 0.15) is 0 Å². The SMILES string of the molecule is O=S(=O)(CCn1ccnc1)c1cccc(F)c1. The van der Waals surface area contributed by atoms with E-state index in [1.807, 2.05) is 0 Å². The van der Waals surface area contributed by atoms with Gasteiger partial charge in [0.15, 0.2) is 9.84 Å². The molecular weight excluding hydrogens is 243 g/mol. The lowest BCUT2D eigenvalue weighted by Gasteiger charge is -2.05. The number of benzene rings is 1. The van der Waals surface area contributed by atoms with Gasteiger partial charge < -0.3 is 4.57 Å². The van der Waals surface area contributed by atoms with Crippen molar-refractivity contribution in [3.8, 4) is 0 Å². The van der Waals surface area contributed by atoms with Gasteiger partial charge in [-0.15, -0.1) is 0 Å². The largest absolute Gasteiger partial charge is 0.336 e. The highest BCUT2D eigenvalue weighted by Crippen LogP contribution is 2.12. The molecule has 17 heavy (non-hydrogen) atoms. The number of imidazole rings is 1. The van der Waals surface area contributed by atoms with Crippen molar-refractivity contribution in [1.82, 2.24) is 9.55 Å². The van der Waals surface area contributed by atoms with E-state index in [1.54, 1.807) is 23.3 Å². The average Bonchev–Trinajstić information content (AvgIpc) is 2.79. The molecule has 1 aromatic carbocycles. The summed E-state index contributed by atoms with van der Waals surface area (Å²) in [5.74, 6) is -0.624. The monoisotopic (exact) mass is 254 g/mol. The quantitative estimate of drug-likeness (QED) is 0.830. The molecule has 0 radical (unpaired) electrons. The zero-order valence-electron chi connectivity index (χ0n) is 8.95. The van der Waals surface area contributed by atoms with E-state index in [2.05, 4.69) is 4.98 Å². The third-order valence-electron chi connectivity index (χ3n) is 2.33. The summed E-state index contributed by atoms with van der Waals surface area (Å²) in [6.07, 6.45) is 4.80. The molecule has 0 aliphatic rings. The van der Waals surface area contributed by atoms with Crippen LogP contribution in [0.5, 0.6) is 0 Å². The second-order valence-electron chi connectivity index (χ2n) is 3.58. The molecule has 0 aliphatic carbocycles. The summed E-state index contributed by atoms with van der Waals surface area (Å²) in [5, 5.41) is 0. The van der Waals surface area contributed by atoms with Crippen molar-refractivity contribution in [3.05, 3.63) is 48.8 Å². The van der Waals surface area contributed by atoms with Crippen molar-refractivity contribution in [2.24, 2.45) is 0 Å². The fourth-order valence-corrected chi connectivity index (χ4v) is 2.69. The van der Waals surface area contributed by atoms with E-state index in [9.17, 15) is 12.8 Å². The van der Waals surface area contributed by atoms with Gasteiger partial charge in [-0.25, -0.2) is 17.8 Å². The van der Waals surface area contributed by atoms with E-state index in [4.69, 9.17) is 0 Å². The molecule has 0 saturated carbocycles. The van der Waals surface area contributed by atoms with Crippen LogP contribution in [0, 0.1) is 5.82 Å². The van der Waals surface area contributed by atoms with Crippen LogP contribution in [0.3, 0.4) is 0 Å². The van der Waals surface area contributed by atoms with Gasteiger partial charge in [-0.1, -0.05) is 6.07 Å². The Balaban J connectivity index is 2.14. The fourth-order valence-electron chi connectivity index (χ4n) is 1.42. The van der Waals surface area contributed by atoms with Crippen molar-refractivity contribution in [2.45, 2.75) is 11.4 Å². The van der Waals surface area contributed by atoms with Gasteiger partial charge in [0.2, 0.25) is 0 Å². The summed E-state index contributed by atoms with van der Waals surface area (Å²) in [7, 11) is -3.45. The second kappa shape index (κ2) is 4.67. The zero-order chi connectivity index (χ0) is 12.3. The predicted octanol–water partition coefficient (Wildman–Crippen LogP) is 1.50. The van der Waals surface area contributed by atoms with E-state index < -0.39 is 15.7 Å². The summed E-state index contributed by atoms with van der Waals surface area (Å²) in [6, 6.07) is 5.03. The molecule has 90 valence electrons. The lowest BCUT2D eigenvalue weighted by molar-refractivity contribution is 0.584. The van der Waals surface area contributed by atoms with Gasteiger partial charge in [0.1, 0.15) is 5.82 Å². The van der Waals surface area contributed by atoms with Crippen LogP contribution >= 0.6 is 0 Å². The maximum absolute atomic E-state index is 12.9. The summed E-state index contributed by atoms with van der Waals surface area (Å²) in [4.78, 5) is 3.83. The molecule has 0 saturated heterocycles. The Morgan fingerprint density at radius 2 is 2.18 bits per heavy atom. The van der Waals surface area contributed by atoms with Crippen molar-refractivity contribution in [1.29, 1.82) is 0 Å². The summed E-state index contributed by atoms with van der Waals surface area (Å²) in [5.41, 5.74) is 0. The van der Waals surface area contributed by atoms with Crippen LogP contribution in [0.4, 0.5) is 4.39 Å². The second-order valence-corrected chi connectivity index (χ2v) is 5.69. The smallest absolute Gasteiger partial charge is 0.180 e. The number of aryl methyl sites for hydroxylation is 1. The molecule has 0 amide bonds. The molecule has 0 fully saturated rings. The van der Waals surface area contributed by atoms with Crippen LogP contribution in [0.2, 0.25) is 0 Å². The topological polar surface area (TPSA) is 52.0 Å². The third-order valence-corrected chi connectivity index (χ3v) is 4.02. The third kappa shape index (κ3) is 2.91. The first-order valence-corrected chi connectivity index (χ1v) is 6.67. The Kier molecular flexibility index (Phi) is 3.23. The van der Waals surface area contributed by atoms with Gasteiger partial charge in [-0.2, -0.15) is 0 Å². The van der Waals surface area contributed by atoms with Gasteiger partial charge in [0.05, 0.1) is 17.0 Å². The van der Waals surface area contributed by atoms with Crippen molar-refractivity contribution in [3.63, 3.8) is 0 Å². The molecular formula is C11H11FN2O2S. The molecule has 0 atom stereocenters. The number of halogens is 1. The van der Waals surface area contributed by atoms with Crippen LogP contribution in [-0.2, 0) is 16.4 Å². The van der Waals surface area contributed by atoms with Crippen LogP contribution < -0.4 is 0 Å². The Hall–Kier alpha value is -1.69. The molecule has 1 aromatic heterocycles. The van der Waals surface area contributed by atoms with Gasteiger partial charge in [0.25, 0.3) is 0 Å². The number of hydrogen-bond donors (Lipinski definition) is 0. The van der Waals surface area contributed by atoms with Crippen LogP contribution in [0.15, 0.2) is 47.9 Å². The van der Waals surface area contributed by atoms with Crippen molar-refractivity contribution in [2.75, 3.05) is 5.75 Å². The lowest BCUT2D eigenvalue weighted by atomic mass is 10.4. The van der Waals surface area contributed by atoms with E-state index in [0.29, 0.717) is 6.54 Å². The highest BCUT2D eigenvalue weighted by molar-refractivity contribution is 7.91. The molecule has 4 nitrogen and oxygen atoms in total. The Bertz CT molecular complexity index is 594. The number of aromatic nitrogens is 2. The molecule has 0 unspecified atom stereocenters. The molecule has 0 spiro atoms. The first-order valence-electron chi connectivity index (χ1n) is 5.02. The minimum atomic E-state index is -3.45. The number of rotatable bonds is 4. The van der Waals surface area contributed by atoms with Crippen molar-refractivity contribution >= 4 is 9.84 Å². The summed E-state index contributed by atoms with van der Waals surface area (Å²) >= 11 is 0. The van der Waals surface area contributed by atoms with E-state index in [1.165, 1.54) is 18.2 Å². The molecule has 1 heterocycles. The molecule has 0 N–H and O–H groups in total. The van der Waals surface area contributed by atoms with Gasteiger partial charge in [-0.3, -0.25) is 0 Å². The fraction of sp³-hybridized carbons (Fsp3) is 0.182. The number of nitrogens with zero attached hydrogens (tertiary/aromatic N) is 2. The minimum absolute atomic E-state index is 0.0117. The maximum atomic E-state index is 12.9. The number of hydrogen-bond acceptors (Lipinski definition) is 3. The Morgan fingerprint density at radius 3 is 2.82 bits per heavy atom. The molecule has 2 aromatic rings. The lowest BCUT2D eigenvalue weighted by Crippen LogP contribution is -2.12. The van der Waals surface area contributed by atoms with E-state index in [-0.39, 0.29) is 10.6 Å². The summed E-state index contributed by atoms with van der Waals surface area (Å²) in [6.45, 7) is 0.304. The highest BCUT2D eigenvalue weighted by Gasteiger charge is 2.14. The predicted molar refractivity (Wildman–Crippen MR) is 60.7 cm³/mol. The van der Waals surface area contributed by atoms with Crippen LogP contribution in [0.25, 0.3) is 0 Å². The Labute approximate surface area is 98.6 Å². The first-order chi connectivity index (χ1) is 8.08. The zero-order valence-corrected chi connectivity index (χ0v) is 9.77. The average molecular weight is 254 g/mol. The van der Waals surface area contributed by atoms with E-state index >= 15 is 0 Å². The molecule has 0 bridgehead atoms. The van der Waals surface area contributed by atoms with Crippen LogP contribution in [-0.4, -0.2) is 23.7 Å². The first kappa shape index (κ1) is 11.8. The molecule has 2 rings (SSSR count). The normalized spacial score (nSPS) is 11.6. The summed E-state index contributed by atoms with van der Waals surface area (Å²) < 4.78 is 38.4. The molecule has 0 aliphatic heterocycles. The number of sulfone groups is 1. The van der Waals surface area contributed by atoms with Gasteiger partial charge in [0, 0.05) is 18.9 Å². The van der Waals surface area contributed by atoms with E-state index in [0.717, 1.165) is 6.07 Å². The molecule has 6 heteroatoms.